The Kier molecular flexibility index (Phi) is 7.11. The van der Waals surface area contributed by atoms with Gasteiger partial charge in [0.15, 0.2) is 0 Å². The number of nitro benzene ring substituents is 1. The molecule has 0 aliphatic carbocycles. The molecular formula is C21H13BrClN3O5. The Morgan fingerprint density at radius 3 is 2.32 bits per heavy atom. The number of halogens is 2. The number of ether oxygens (including phenoxy) is 1. The van der Waals surface area contributed by atoms with E-state index in [4.69, 9.17) is 16.3 Å². The van der Waals surface area contributed by atoms with Gasteiger partial charge in [-0.2, -0.15) is 5.10 Å². The lowest BCUT2D eigenvalue weighted by atomic mass is 10.2. The van der Waals surface area contributed by atoms with Crippen LogP contribution >= 0.6 is 27.5 Å². The Balaban J connectivity index is 1.80. The number of esters is 1. The summed E-state index contributed by atoms with van der Waals surface area (Å²) in [7, 11) is 0. The van der Waals surface area contributed by atoms with Gasteiger partial charge in [-0.05, 0) is 54.6 Å². The van der Waals surface area contributed by atoms with Gasteiger partial charge in [0.1, 0.15) is 5.75 Å². The van der Waals surface area contributed by atoms with E-state index in [1.165, 1.54) is 42.5 Å². The number of hydrogen-bond acceptors (Lipinski definition) is 6. The molecule has 0 spiro atoms. The molecule has 0 fully saturated rings. The Morgan fingerprint density at radius 2 is 1.68 bits per heavy atom. The first-order chi connectivity index (χ1) is 14.8. The van der Waals surface area contributed by atoms with Crippen molar-refractivity contribution in [2.45, 2.75) is 0 Å². The van der Waals surface area contributed by atoms with Gasteiger partial charge in [0.25, 0.3) is 11.6 Å². The molecule has 0 atom stereocenters. The lowest BCUT2D eigenvalue weighted by molar-refractivity contribution is -0.384. The van der Waals surface area contributed by atoms with Crippen molar-refractivity contribution >= 4 is 51.3 Å². The van der Waals surface area contributed by atoms with Gasteiger partial charge < -0.3 is 4.74 Å². The van der Waals surface area contributed by atoms with E-state index in [9.17, 15) is 19.7 Å². The Bertz CT molecular complexity index is 1160. The summed E-state index contributed by atoms with van der Waals surface area (Å²) in [5, 5.41) is 15.4. The van der Waals surface area contributed by atoms with Crippen molar-refractivity contribution in [2.24, 2.45) is 5.10 Å². The molecule has 0 heterocycles. The largest absolute Gasteiger partial charge is 0.422 e. The number of carbonyl (C=O) groups excluding carboxylic acids is 2. The standard InChI is InChI=1S/C21H13BrClN3O5/c22-16-5-1-13(2-6-16)20(27)25-24-12-15-11-18(26(29)30)9-10-19(15)31-21(28)14-3-7-17(23)8-4-14/h1-12H,(H,25,27)/b24-12+. The highest BCUT2D eigenvalue weighted by Crippen LogP contribution is 2.24. The van der Waals surface area contributed by atoms with E-state index in [1.807, 2.05) is 0 Å². The first kappa shape index (κ1) is 22.1. The van der Waals surface area contributed by atoms with Crippen molar-refractivity contribution in [1.82, 2.24) is 5.43 Å². The number of non-ortho nitro benzene ring substituents is 1. The van der Waals surface area contributed by atoms with Gasteiger partial charge >= 0.3 is 5.97 Å². The molecule has 31 heavy (non-hydrogen) atoms. The number of nitrogens with zero attached hydrogens (tertiary/aromatic N) is 2. The fraction of sp³-hybridized carbons (Fsp3) is 0. The highest BCUT2D eigenvalue weighted by Gasteiger charge is 2.15. The maximum Gasteiger partial charge on any atom is 0.343 e. The summed E-state index contributed by atoms with van der Waals surface area (Å²) in [6.45, 7) is 0. The average Bonchev–Trinajstić information content (AvgIpc) is 2.75. The zero-order chi connectivity index (χ0) is 22.4. The minimum absolute atomic E-state index is 0.0344. The monoisotopic (exact) mass is 501 g/mol. The van der Waals surface area contributed by atoms with Crippen molar-refractivity contribution in [3.05, 3.63) is 103 Å². The number of amides is 1. The zero-order valence-corrected chi connectivity index (χ0v) is 18.0. The number of hydrazone groups is 1. The first-order valence-electron chi connectivity index (χ1n) is 8.68. The molecule has 8 nitrogen and oxygen atoms in total. The Morgan fingerprint density at radius 1 is 1.03 bits per heavy atom. The van der Waals surface area contributed by atoms with Crippen molar-refractivity contribution in [1.29, 1.82) is 0 Å². The van der Waals surface area contributed by atoms with Crippen LogP contribution in [0.15, 0.2) is 76.3 Å². The predicted octanol–water partition coefficient (Wildman–Crippen LogP) is 4.99. The van der Waals surface area contributed by atoms with Crippen LogP contribution in [-0.2, 0) is 0 Å². The summed E-state index contributed by atoms with van der Waals surface area (Å²) in [5.74, 6) is -1.12. The first-order valence-corrected chi connectivity index (χ1v) is 9.86. The lowest BCUT2D eigenvalue weighted by Crippen LogP contribution is -2.17. The summed E-state index contributed by atoms with van der Waals surface area (Å²) in [5.41, 5.74) is 2.84. The van der Waals surface area contributed by atoms with Gasteiger partial charge in [-0.3, -0.25) is 14.9 Å². The molecule has 0 bridgehead atoms. The Labute approximate surface area is 189 Å². The van der Waals surface area contributed by atoms with Crippen LogP contribution in [0.3, 0.4) is 0 Å². The maximum absolute atomic E-state index is 12.4. The topological polar surface area (TPSA) is 111 Å². The van der Waals surface area contributed by atoms with E-state index in [-0.39, 0.29) is 22.6 Å². The van der Waals surface area contributed by atoms with Gasteiger partial charge in [-0.15, -0.1) is 0 Å². The van der Waals surface area contributed by atoms with E-state index >= 15 is 0 Å². The van der Waals surface area contributed by atoms with E-state index in [1.54, 1.807) is 24.3 Å². The van der Waals surface area contributed by atoms with Crippen LogP contribution in [0.5, 0.6) is 5.75 Å². The van der Waals surface area contributed by atoms with Crippen LogP contribution in [0, 0.1) is 10.1 Å². The SMILES string of the molecule is O=C(N/N=C/c1cc([N+](=O)[O-])ccc1OC(=O)c1ccc(Cl)cc1)c1ccc(Br)cc1. The molecule has 0 saturated carbocycles. The van der Waals surface area contributed by atoms with Crippen LogP contribution in [0.4, 0.5) is 5.69 Å². The molecule has 1 amide bonds. The summed E-state index contributed by atoms with van der Waals surface area (Å²) in [6, 6.07) is 16.3. The van der Waals surface area contributed by atoms with Gasteiger partial charge in [-0.1, -0.05) is 27.5 Å². The van der Waals surface area contributed by atoms with Crippen LogP contribution in [0.25, 0.3) is 0 Å². The van der Waals surface area contributed by atoms with Crippen LogP contribution in [0.1, 0.15) is 26.3 Å². The quantitative estimate of drug-likeness (QED) is 0.168. The highest BCUT2D eigenvalue weighted by molar-refractivity contribution is 9.10. The molecule has 3 rings (SSSR count). The molecule has 3 aromatic rings. The van der Waals surface area contributed by atoms with Gasteiger partial charge in [0.2, 0.25) is 0 Å². The third-order valence-electron chi connectivity index (χ3n) is 3.96. The zero-order valence-electron chi connectivity index (χ0n) is 15.6. The minimum atomic E-state index is -0.681. The van der Waals surface area contributed by atoms with Crippen LogP contribution in [0.2, 0.25) is 5.02 Å². The number of rotatable bonds is 6. The molecule has 10 heteroatoms. The fourth-order valence-electron chi connectivity index (χ4n) is 2.41. The Hall–Kier alpha value is -3.56. The normalized spacial score (nSPS) is 10.6. The second-order valence-electron chi connectivity index (χ2n) is 6.08. The fourth-order valence-corrected chi connectivity index (χ4v) is 2.80. The molecule has 0 aromatic heterocycles. The van der Waals surface area contributed by atoms with Crippen molar-refractivity contribution in [3.63, 3.8) is 0 Å². The van der Waals surface area contributed by atoms with Gasteiger partial charge in [-0.25, -0.2) is 10.2 Å². The third-order valence-corrected chi connectivity index (χ3v) is 4.74. The smallest absolute Gasteiger partial charge is 0.343 e. The van der Waals surface area contributed by atoms with Crippen molar-refractivity contribution < 1.29 is 19.2 Å². The maximum atomic E-state index is 12.4. The van der Waals surface area contributed by atoms with Gasteiger partial charge in [0.05, 0.1) is 16.7 Å². The van der Waals surface area contributed by atoms with E-state index in [0.717, 1.165) is 10.7 Å². The van der Waals surface area contributed by atoms with Crippen molar-refractivity contribution in [3.8, 4) is 5.75 Å². The number of nitro groups is 1. The molecule has 156 valence electrons. The summed E-state index contributed by atoms with van der Waals surface area (Å²) in [6.07, 6.45) is 1.16. The van der Waals surface area contributed by atoms with Crippen LogP contribution in [-0.4, -0.2) is 23.0 Å². The molecule has 3 aromatic carbocycles. The molecule has 0 aliphatic rings. The summed E-state index contributed by atoms with van der Waals surface area (Å²) < 4.78 is 6.16. The van der Waals surface area contributed by atoms with Crippen LogP contribution < -0.4 is 10.2 Å². The average molecular weight is 503 g/mol. The molecule has 1 N–H and O–H groups in total. The summed E-state index contributed by atoms with van der Waals surface area (Å²) in [4.78, 5) is 35.0. The minimum Gasteiger partial charge on any atom is -0.422 e. The second kappa shape index (κ2) is 9.96. The molecule has 0 aliphatic heterocycles. The molecule has 0 unspecified atom stereocenters. The summed E-state index contributed by atoms with van der Waals surface area (Å²) >= 11 is 9.09. The second-order valence-corrected chi connectivity index (χ2v) is 7.43. The number of nitrogens with one attached hydrogen (secondary N) is 1. The predicted molar refractivity (Wildman–Crippen MR) is 119 cm³/mol. The highest BCUT2D eigenvalue weighted by atomic mass is 79.9. The van der Waals surface area contributed by atoms with E-state index in [0.29, 0.717) is 10.6 Å². The number of benzene rings is 3. The molecule has 0 saturated heterocycles. The number of hydrogen-bond donors (Lipinski definition) is 1. The molecule has 0 radical (unpaired) electrons. The van der Waals surface area contributed by atoms with E-state index < -0.39 is 16.8 Å². The third kappa shape index (κ3) is 5.97. The van der Waals surface area contributed by atoms with E-state index in [2.05, 4.69) is 26.5 Å². The van der Waals surface area contributed by atoms with Crippen molar-refractivity contribution in [2.75, 3.05) is 0 Å². The lowest BCUT2D eigenvalue weighted by Gasteiger charge is -2.08. The molecular weight excluding hydrogens is 490 g/mol. The number of carbonyl (C=O) groups is 2. The van der Waals surface area contributed by atoms with Gasteiger partial charge in [0, 0.05) is 32.8 Å².